The molecule has 6 heteroatoms. The van der Waals surface area contributed by atoms with Crippen LogP contribution in [-0.4, -0.2) is 57.0 Å². The van der Waals surface area contributed by atoms with Crippen LogP contribution in [0.1, 0.15) is 12.1 Å². The van der Waals surface area contributed by atoms with Gasteiger partial charge in [-0.3, -0.25) is 4.68 Å². The smallest absolute Gasteiger partial charge is 0.0762 e. The Balaban J connectivity index is 2.06. The number of aryl methyl sites for hydroxylation is 1. The molecule has 0 saturated heterocycles. The first-order chi connectivity index (χ1) is 9.36. The summed E-state index contributed by atoms with van der Waals surface area (Å²) < 4.78 is 17.2. The molecule has 19 heavy (non-hydrogen) atoms. The highest BCUT2D eigenvalue weighted by molar-refractivity contribution is 4.98. The average Bonchev–Trinajstić information content (AvgIpc) is 2.87. The molecular formula is C13H25N3O3. The summed E-state index contributed by atoms with van der Waals surface area (Å²) in [6.45, 7) is 5.27. The molecule has 0 aliphatic carbocycles. The largest absolute Gasteiger partial charge is 0.383 e. The van der Waals surface area contributed by atoms with Crippen molar-refractivity contribution in [2.75, 3.05) is 47.2 Å². The Hall–Kier alpha value is -0.950. The lowest BCUT2D eigenvalue weighted by atomic mass is 10.4. The normalized spacial score (nSPS) is 11.1. The van der Waals surface area contributed by atoms with Crippen molar-refractivity contribution in [1.29, 1.82) is 0 Å². The highest BCUT2D eigenvalue weighted by Gasteiger charge is 1.98. The van der Waals surface area contributed by atoms with Crippen molar-refractivity contribution in [1.82, 2.24) is 15.1 Å². The first kappa shape index (κ1) is 16.1. The highest BCUT2D eigenvalue weighted by Crippen LogP contribution is 1.97. The Morgan fingerprint density at radius 1 is 1.16 bits per heavy atom. The third kappa shape index (κ3) is 7.94. The van der Waals surface area contributed by atoms with Gasteiger partial charge in [0.2, 0.25) is 0 Å². The number of aromatic nitrogens is 2. The molecule has 0 spiro atoms. The first-order valence-electron chi connectivity index (χ1n) is 6.65. The zero-order valence-electron chi connectivity index (χ0n) is 11.9. The summed E-state index contributed by atoms with van der Waals surface area (Å²) in [6.07, 6.45) is 2.96. The monoisotopic (exact) mass is 271 g/mol. The van der Waals surface area contributed by atoms with Gasteiger partial charge in [-0.1, -0.05) is 0 Å². The number of rotatable bonds is 12. The minimum Gasteiger partial charge on any atom is -0.383 e. The summed E-state index contributed by atoms with van der Waals surface area (Å²) in [5, 5.41) is 7.74. The van der Waals surface area contributed by atoms with Gasteiger partial charge in [0.15, 0.2) is 0 Å². The number of hydrogen-bond donors (Lipinski definition) is 1. The third-order valence-corrected chi connectivity index (χ3v) is 2.59. The van der Waals surface area contributed by atoms with Gasteiger partial charge in [0.05, 0.1) is 25.5 Å². The maximum atomic E-state index is 5.40. The lowest BCUT2D eigenvalue weighted by molar-refractivity contribution is 0.0677. The zero-order valence-corrected chi connectivity index (χ0v) is 11.9. The second-order valence-electron chi connectivity index (χ2n) is 4.20. The van der Waals surface area contributed by atoms with E-state index in [1.54, 1.807) is 14.2 Å². The SMILES string of the molecule is COCCNCc1ccn(CCCOCCOC)n1. The van der Waals surface area contributed by atoms with Gasteiger partial charge in [0.1, 0.15) is 0 Å². The fourth-order valence-corrected chi connectivity index (χ4v) is 1.59. The predicted molar refractivity (Wildman–Crippen MR) is 73.1 cm³/mol. The van der Waals surface area contributed by atoms with Gasteiger partial charge in [0, 0.05) is 46.7 Å². The second kappa shape index (κ2) is 10.9. The van der Waals surface area contributed by atoms with Crippen LogP contribution in [-0.2, 0) is 27.3 Å². The van der Waals surface area contributed by atoms with Gasteiger partial charge in [-0.15, -0.1) is 0 Å². The summed E-state index contributed by atoms with van der Waals surface area (Å²) in [5.41, 5.74) is 1.05. The third-order valence-electron chi connectivity index (χ3n) is 2.59. The maximum Gasteiger partial charge on any atom is 0.0762 e. The topological polar surface area (TPSA) is 57.5 Å². The Morgan fingerprint density at radius 3 is 2.79 bits per heavy atom. The summed E-state index contributed by atoms with van der Waals surface area (Å²) in [5.74, 6) is 0. The predicted octanol–water partition coefficient (Wildman–Crippen LogP) is 0.672. The molecule has 0 saturated carbocycles. The molecule has 1 N–H and O–H groups in total. The van der Waals surface area contributed by atoms with E-state index in [9.17, 15) is 0 Å². The van der Waals surface area contributed by atoms with Gasteiger partial charge in [-0.05, 0) is 12.5 Å². The molecule has 0 radical (unpaired) electrons. The fraction of sp³-hybridized carbons (Fsp3) is 0.769. The van der Waals surface area contributed by atoms with E-state index in [4.69, 9.17) is 14.2 Å². The average molecular weight is 271 g/mol. The van der Waals surface area contributed by atoms with E-state index in [2.05, 4.69) is 10.4 Å². The van der Waals surface area contributed by atoms with E-state index in [1.165, 1.54) is 0 Å². The Bertz CT molecular complexity index is 318. The van der Waals surface area contributed by atoms with Gasteiger partial charge in [0.25, 0.3) is 0 Å². The molecule has 0 bridgehead atoms. The summed E-state index contributed by atoms with van der Waals surface area (Å²) >= 11 is 0. The van der Waals surface area contributed by atoms with Crippen LogP contribution < -0.4 is 5.32 Å². The van der Waals surface area contributed by atoms with Crippen LogP contribution in [0.25, 0.3) is 0 Å². The minimum absolute atomic E-state index is 0.652. The van der Waals surface area contributed by atoms with Gasteiger partial charge in [-0.25, -0.2) is 0 Å². The molecule has 0 atom stereocenters. The van der Waals surface area contributed by atoms with Gasteiger partial charge >= 0.3 is 0 Å². The first-order valence-corrected chi connectivity index (χ1v) is 6.65. The van der Waals surface area contributed by atoms with Gasteiger partial charge < -0.3 is 19.5 Å². The molecule has 0 unspecified atom stereocenters. The molecule has 0 aliphatic rings. The summed E-state index contributed by atoms with van der Waals surface area (Å²) in [6, 6.07) is 2.03. The molecule has 6 nitrogen and oxygen atoms in total. The zero-order chi connectivity index (χ0) is 13.8. The van der Waals surface area contributed by atoms with Crippen molar-refractivity contribution in [3.8, 4) is 0 Å². The molecule has 110 valence electrons. The molecule has 1 aromatic heterocycles. The Labute approximate surface area is 115 Å². The minimum atomic E-state index is 0.652. The van der Waals surface area contributed by atoms with Crippen LogP contribution in [0.3, 0.4) is 0 Å². The van der Waals surface area contributed by atoms with E-state index in [-0.39, 0.29) is 0 Å². The summed E-state index contributed by atoms with van der Waals surface area (Å²) in [4.78, 5) is 0. The molecular weight excluding hydrogens is 246 g/mol. The van der Waals surface area contributed by atoms with E-state index >= 15 is 0 Å². The van der Waals surface area contributed by atoms with Crippen LogP contribution in [0.2, 0.25) is 0 Å². The van der Waals surface area contributed by atoms with Crippen LogP contribution in [0.5, 0.6) is 0 Å². The highest BCUT2D eigenvalue weighted by atomic mass is 16.5. The van der Waals surface area contributed by atoms with Crippen molar-refractivity contribution in [2.24, 2.45) is 0 Å². The van der Waals surface area contributed by atoms with Crippen molar-refractivity contribution in [3.05, 3.63) is 18.0 Å². The van der Waals surface area contributed by atoms with Crippen molar-refractivity contribution >= 4 is 0 Å². The van der Waals surface area contributed by atoms with Crippen LogP contribution >= 0.6 is 0 Å². The molecule has 1 heterocycles. The molecule has 0 aliphatic heterocycles. The molecule has 0 aromatic carbocycles. The van der Waals surface area contributed by atoms with E-state index in [0.717, 1.165) is 45.0 Å². The van der Waals surface area contributed by atoms with E-state index in [1.807, 2.05) is 16.9 Å². The molecule has 0 fully saturated rings. The van der Waals surface area contributed by atoms with Crippen molar-refractivity contribution in [3.63, 3.8) is 0 Å². The maximum absolute atomic E-state index is 5.40. The second-order valence-corrected chi connectivity index (χ2v) is 4.20. The summed E-state index contributed by atoms with van der Waals surface area (Å²) in [7, 11) is 3.38. The molecule has 0 amide bonds. The van der Waals surface area contributed by atoms with E-state index < -0.39 is 0 Å². The lowest BCUT2D eigenvalue weighted by Gasteiger charge is -2.04. The quantitative estimate of drug-likeness (QED) is 0.566. The number of methoxy groups -OCH3 is 2. The number of nitrogens with zero attached hydrogens (tertiary/aromatic N) is 2. The van der Waals surface area contributed by atoms with Crippen molar-refractivity contribution < 1.29 is 14.2 Å². The standard InChI is InChI=1S/C13H25N3O3/c1-17-9-5-14-12-13-4-7-16(15-13)6-3-8-19-11-10-18-2/h4,7,14H,3,5-6,8-12H2,1-2H3. The van der Waals surface area contributed by atoms with Gasteiger partial charge in [-0.2, -0.15) is 5.10 Å². The number of ether oxygens (including phenoxy) is 3. The van der Waals surface area contributed by atoms with Crippen LogP contribution in [0.4, 0.5) is 0 Å². The molecule has 1 aromatic rings. The molecule has 1 rings (SSSR count). The number of hydrogen-bond acceptors (Lipinski definition) is 5. The number of nitrogens with one attached hydrogen (secondary N) is 1. The van der Waals surface area contributed by atoms with Crippen LogP contribution in [0.15, 0.2) is 12.3 Å². The Kier molecular flexibility index (Phi) is 9.26. The Morgan fingerprint density at radius 2 is 2.00 bits per heavy atom. The lowest BCUT2D eigenvalue weighted by Crippen LogP contribution is -2.19. The fourth-order valence-electron chi connectivity index (χ4n) is 1.59. The van der Waals surface area contributed by atoms with Crippen LogP contribution in [0, 0.1) is 0 Å². The van der Waals surface area contributed by atoms with Crippen molar-refractivity contribution in [2.45, 2.75) is 19.5 Å². The van der Waals surface area contributed by atoms with E-state index in [0.29, 0.717) is 13.2 Å².